The van der Waals surface area contributed by atoms with Crippen molar-refractivity contribution in [1.82, 2.24) is 9.97 Å². The van der Waals surface area contributed by atoms with Gasteiger partial charge >= 0.3 is 5.97 Å². The van der Waals surface area contributed by atoms with Crippen molar-refractivity contribution in [2.24, 2.45) is 0 Å². The molecule has 5 heteroatoms. The van der Waals surface area contributed by atoms with Crippen LogP contribution in [0.4, 0.5) is 0 Å². The zero-order chi connectivity index (χ0) is 10.6. The predicted molar refractivity (Wildman–Crippen MR) is 54.5 cm³/mol. The van der Waals surface area contributed by atoms with Gasteiger partial charge < -0.3 is 5.11 Å². The topological polar surface area (TPSA) is 63.1 Å². The van der Waals surface area contributed by atoms with E-state index in [-0.39, 0.29) is 5.75 Å². The molecule has 4 nitrogen and oxygen atoms in total. The molecule has 0 radical (unpaired) electrons. The van der Waals surface area contributed by atoms with Gasteiger partial charge in [-0.15, -0.1) is 0 Å². The quantitative estimate of drug-likeness (QED) is 0.608. The van der Waals surface area contributed by atoms with Gasteiger partial charge in [0.1, 0.15) is 11.4 Å². The standard InChI is InChI=1S/C9H12N2O2S/c1-6(2)7-3-8(11-5-10-7)14-4-9(12)13/h3,5-6H,4H2,1-2H3,(H,12,13). The molecule has 0 aliphatic carbocycles. The van der Waals surface area contributed by atoms with Crippen LogP contribution in [0.25, 0.3) is 0 Å². The van der Waals surface area contributed by atoms with E-state index < -0.39 is 5.97 Å². The normalized spacial score (nSPS) is 10.5. The van der Waals surface area contributed by atoms with Crippen molar-refractivity contribution in [3.8, 4) is 0 Å². The van der Waals surface area contributed by atoms with Crippen molar-refractivity contribution in [3.05, 3.63) is 18.1 Å². The molecule has 0 bridgehead atoms. The molecule has 1 rings (SSSR count). The molecular formula is C9H12N2O2S. The molecule has 0 aliphatic heterocycles. The van der Waals surface area contributed by atoms with Crippen LogP contribution in [0.1, 0.15) is 25.5 Å². The Morgan fingerprint density at radius 2 is 2.29 bits per heavy atom. The van der Waals surface area contributed by atoms with Crippen molar-refractivity contribution in [3.63, 3.8) is 0 Å². The lowest BCUT2D eigenvalue weighted by molar-refractivity contribution is -0.133. The first-order chi connectivity index (χ1) is 6.59. The van der Waals surface area contributed by atoms with Crippen molar-refractivity contribution in [2.75, 3.05) is 5.75 Å². The van der Waals surface area contributed by atoms with E-state index in [2.05, 4.69) is 9.97 Å². The lowest BCUT2D eigenvalue weighted by Gasteiger charge is -2.04. The average molecular weight is 212 g/mol. The van der Waals surface area contributed by atoms with E-state index in [1.807, 2.05) is 19.9 Å². The van der Waals surface area contributed by atoms with Crippen LogP contribution >= 0.6 is 11.8 Å². The molecule has 0 amide bonds. The second-order valence-corrected chi connectivity index (χ2v) is 4.11. The Labute approximate surface area is 86.8 Å². The van der Waals surface area contributed by atoms with Crippen molar-refractivity contribution >= 4 is 17.7 Å². The summed E-state index contributed by atoms with van der Waals surface area (Å²) in [5, 5.41) is 9.20. The number of nitrogens with zero attached hydrogens (tertiary/aromatic N) is 2. The van der Waals surface area contributed by atoms with Crippen LogP contribution < -0.4 is 0 Å². The van der Waals surface area contributed by atoms with Gasteiger partial charge in [0.05, 0.1) is 5.75 Å². The minimum absolute atomic E-state index is 0.0363. The molecular weight excluding hydrogens is 200 g/mol. The van der Waals surface area contributed by atoms with Crippen LogP contribution in [0.3, 0.4) is 0 Å². The van der Waals surface area contributed by atoms with Gasteiger partial charge in [0, 0.05) is 5.69 Å². The molecule has 14 heavy (non-hydrogen) atoms. The molecule has 1 heterocycles. The Kier molecular flexibility index (Phi) is 3.88. The summed E-state index contributed by atoms with van der Waals surface area (Å²) in [7, 11) is 0. The maximum absolute atomic E-state index is 10.3. The van der Waals surface area contributed by atoms with E-state index in [4.69, 9.17) is 5.11 Å². The smallest absolute Gasteiger partial charge is 0.313 e. The van der Waals surface area contributed by atoms with Crippen molar-refractivity contribution in [2.45, 2.75) is 24.8 Å². The SMILES string of the molecule is CC(C)c1cc(SCC(=O)O)ncn1. The Hall–Kier alpha value is -1.10. The zero-order valence-electron chi connectivity index (χ0n) is 8.10. The molecule has 0 unspecified atom stereocenters. The second kappa shape index (κ2) is 4.95. The van der Waals surface area contributed by atoms with Gasteiger partial charge in [-0.25, -0.2) is 9.97 Å². The molecule has 0 spiro atoms. The molecule has 0 saturated carbocycles. The number of carboxylic acids is 1. The number of aromatic nitrogens is 2. The van der Waals surface area contributed by atoms with Crippen LogP contribution in [0, 0.1) is 0 Å². The summed E-state index contributed by atoms with van der Waals surface area (Å²) in [5.41, 5.74) is 0.938. The predicted octanol–water partition coefficient (Wildman–Crippen LogP) is 1.78. The molecule has 76 valence electrons. The number of carboxylic acid groups (broad SMARTS) is 1. The third-order valence-electron chi connectivity index (χ3n) is 1.60. The number of hydrogen-bond donors (Lipinski definition) is 1. The van der Waals surface area contributed by atoms with Crippen LogP contribution in [0.15, 0.2) is 17.4 Å². The van der Waals surface area contributed by atoms with Crippen LogP contribution in [0.5, 0.6) is 0 Å². The van der Waals surface area contributed by atoms with Crippen molar-refractivity contribution < 1.29 is 9.90 Å². The molecule has 0 atom stereocenters. The summed E-state index contributed by atoms with van der Waals surface area (Å²) in [4.78, 5) is 18.4. The van der Waals surface area contributed by atoms with E-state index in [0.29, 0.717) is 10.9 Å². The van der Waals surface area contributed by atoms with Crippen LogP contribution in [-0.2, 0) is 4.79 Å². The number of aliphatic carboxylic acids is 1. The van der Waals surface area contributed by atoms with Gasteiger partial charge in [0.15, 0.2) is 0 Å². The second-order valence-electron chi connectivity index (χ2n) is 3.12. The van der Waals surface area contributed by atoms with E-state index >= 15 is 0 Å². The molecule has 0 fully saturated rings. The molecule has 1 aromatic heterocycles. The monoisotopic (exact) mass is 212 g/mol. The van der Waals surface area contributed by atoms with Gasteiger partial charge in [-0.05, 0) is 12.0 Å². The third-order valence-corrected chi connectivity index (χ3v) is 2.51. The highest BCUT2D eigenvalue weighted by Gasteiger charge is 2.05. The Balaban J connectivity index is 2.68. The highest BCUT2D eigenvalue weighted by atomic mass is 32.2. The highest BCUT2D eigenvalue weighted by Crippen LogP contribution is 2.18. The summed E-state index contributed by atoms with van der Waals surface area (Å²) < 4.78 is 0. The van der Waals surface area contributed by atoms with Crippen molar-refractivity contribution in [1.29, 1.82) is 0 Å². The highest BCUT2D eigenvalue weighted by molar-refractivity contribution is 7.99. The molecule has 0 aromatic carbocycles. The first-order valence-electron chi connectivity index (χ1n) is 4.26. The van der Waals surface area contributed by atoms with Gasteiger partial charge in [-0.1, -0.05) is 25.6 Å². The molecule has 0 saturated heterocycles. The van der Waals surface area contributed by atoms with E-state index in [1.54, 1.807) is 0 Å². The Morgan fingerprint density at radius 3 is 2.86 bits per heavy atom. The summed E-state index contributed by atoms with van der Waals surface area (Å²) in [6.45, 7) is 4.07. The fourth-order valence-electron chi connectivity index (χ4n) is 0.884. The van der Waals surface area contributed by atoms with Crippen LogP contribution in [0.2, 0.25) is 0 Å². The van der Waals surface area contributed by atoms with Gasteiger partial charge in [0.2, 0.25) is 0 Å². The minimum atomic E-state index is -0.834. The Morgan fingerprint density at radius 1 is 1.57 bits per heavy atom. The average Bonchev–Trinajstić information content (AvgIpc) is 2.15. The maximum Gasteiger partial charge on any atom is 0.313 e. The fraction of sp³-hybridized carbons (Fsp3) is 0.444. The molecule has 0 aliphatic rings. The summed E-state index contributed by atoms with van der Waals surface area (Å²) in [5.74, 6) is -0.462. The zero-order valence-corrected chi connectivity index (χ0v) is 8.91. The minimum Gasteiger partial charge on any atom is -0.481 e. The molecule has 1 aromatic rings. The summed E-state index contributed by atoms with van der Waals surface area (Å²) >= 11 is 1.21. The van der Waals surface area contributed by atoms with E-state index in [0.717, 1.165) is 5.69 Å². The van der Waals surface area contributed by atoms with Gasteiger partial charge in [-0.3, -0.25) is 4.79 Å². The Bertz CT molecular complexity index is 328. The summed E-state index contributed by atoms with van der Waals surface area (Å²) in [6.07, 6.45) is 1.47. The van der Waals surface area contributed by atoms with E-state index in [9.17, 15) is 4.79 Å². The van der Waals surface area contributed by atoms with E-state index in [1.165, 1.54) is 18.1 Å². The first kappa shape index (κ1) is 11.0. The number of rotatable bonds is 4. The summed E-state index contributed by atoms with van der Waals surface area (Å²) in [6, 6.07) is 1.83. The first-order valence-corrected chi connectivity index (χ1v) is 5.24. The fourth-order valence-corrected chi connectivity index (χ4v) is 1.48. The number of thioether (sulfide) groups is 1. The lowest BCUT2D eigenvalue weighted by Crippen LogP contribution is -1.99. The maximum atomic E-state index is 10.3. The number of carbonyl (C=O) groups is 1. The number of hydrogen-bond acceptors (Lipinski definition) is 4. The molecule has 1 N–H and O–H groups in total. The van der Waals surface area contributed by atoms with Crippen LogP contribution in [-0.4, -0.2) is 26.8 Å². The lowest BCUT2D eigenvalue weighted by atomic mass is 10.1. The van der Waals surface area contributed by atoms with Gasteiger partial charge in [-0.2, -0.15) is 0 Å². The van der Waals surface area contributed by atoms with Gasteiger partial charge in [0.25, 0.3) is 0 Å². The third kappa shape index (κ3) is 3.33. The largest absolute Gasteiger partial charge is 0.481 e.